The van der Waals surface area contributed by atoms with Crippen molar-refractivity contribution in [3.8, 4) is 5.75 Å². The molecule has 3 N–H and O–H groups in total. The number of aliphatic hydroxyl groups excluding tert-OH is 1. The minimum absolute atomic E-state index is 0. The quantitative estimate of drug-likeness (QED) is 0.680. The molecule has 1 heterocycles. The second-order valence-electron chi connectivity index (χ2n) is 6.27. The molecule has 3 atom stereocenters. The van der Waals surface area contributed by atoms with E-state index < -0.39 is 18.0 Å². The van der Waals surface area contributed by atoms with Crippen LogP contribution in [0.2, 0.25) is 10.0 Å². The van der Waals surface area contributed by atoms with Crippen molar-refractivity contribution in [3.63, 3.8) is 0 Å². The van der Waals surface area contributed by atoms with Crippen molar-refractivity contribution in [1.82, 2.24) is 0 Å². The fourth-order valence-corrected chi connectivity index (χ4v) is 3.20. The summed E-state index contributed by atoms with van der Waals surface area (Å²) in [6.07, 6.45) is 0.767. The lowest BCUT2D eigenvalue weighted by Gasteiger charge is -2.21. The van der Waals surface area contributed by atoms with Crippen molar-refractivity contribution in [1.29, 1.82) is 0 Å². The first-order valence-corrected chi connectivity index (χ1v) is 9.13. The Bertz CT molecular complexity index is 772. The fourth-order valence-electron chi connectivity index (χ4n) is 2.90. The highest BCUT2D eigenvalue weighted by Crippen LogP contribution is 2.33. The standard InChI is InChI=1S/C19H20Cl2FNO3.ClH/c20-15-6-3-11(8-16(15)21)18(23)19(24)14-5-4-12(9-17(14)22)26-10-13-2-1-7-25-13;/h3-6,8-9,13,18-19,24H,1-2,7,10,23H2;1H/t13?,18-,19+;/m1./s1. The van der Waals surface area contributed by atoms with Crippen molar-refractivity contribution < 1.29 is 19.0 Å². The number of hydrogen-bond acceptors (Lipinski definition) is 4. The van der Waals surface area contributed by atoms with E-state index in [2.05, 4.69) is 0 Å². The number of benzene rings is 2. The molecule has 4 nitrogen and oxygen atoms in total. The van der Waals surface area contributed by atoms with Gasteiger partial charge in [0.25, 0.3) is 0 Å². The number of ether oxygens (including phenoxy) is 2. The second-order valence-corrected chi connectivity index (χ2v) is 7.09. The molecule has 0 radical (unpaired) electrons. The molecule has 1 aliphatic heterocycles. The predicted molar refractivity (Wildman–Crippen MR) is 106 cm³/mol. The summed E-state index contributed by atoms with van der Waals surface area (Å²) in [6.45, 7) is 1.12. The highest BCUT2D eigenvalue weighted by Gasteiger charge is 2.23. The molecular weight excluding hydrogens is 416 g/mol. The third-order valence-electron chi connectivity index (χ3n) is 4.42. The number of halogens is 4. The summed E-state index contributed by atoms with van der Waals surface area (Å²) in [4.78, 5) is 0. The molecule has 0 saturated carbocycles. The molecule has 0 aliphatic carbocycles. The molecule has 0 bridgehead atoms. The zero-order valence-corrected chi connectivity index (χ0v) is 16.7. The van der Waals surface area contributed by atoms with Crippen LogP contribution in [0.3, 0.4) is 0 Å². The predicted octanol–water partition coefficient (Wildman–Crippen LogP) is 4.85. The van der Waals surface area contributed by atoms with Gasteiger partial charge in [-0.05, 0) is 42.7 Å². The normalized spacial score (nSPS) is 18.6. The summed E-state index contributed by atoms with van der Waals surface area (Å²) in [5.41, 5.74) is 6.72. The van der Waals surface area contributed by atoms with Gasteiger partial charge in [0.2, 0.25) is 0 Å². The van der Waals surface area contributed by atoms with E-state index >= 15 is 0 Å². The van der Waals surface area contributed by atoms with E-state index in [0.29, 0.717) is 28.0 Å². The van der Waals surface area contributed by atoms with Crippen molar-refractivity contribution >= 4 is 35.6 Å². The lowest BCUT2D eigenvalue weighted by molar-refractivity contribution is 0.0677. The van der Waals surface area contributed by atoms with Crippen LogP contribution >= 0.6 is 35.6 Å². The highest BCUT2D eigenvalue weighted by molar-refractivity contribution is 6.42. The van der Waals surface area contributed by atoms with E-state index in [1.165, 1.54) is 12.1 Å². The number of hydrogen-bond donors (Lipinski definition) is 2. The van der Waals surface area contributed by atoms with Crippen LogP contribution < -0.4 is 10.5 Å². The third-order valence-corrected chi connectivity index (χ3v) is 5.16. The maximum Gasteiger partial charge on any atom is 0.132 e. The Labute approximate surface area is 173 Å². The Kier molecular flexibility index (Phi) is 8.16. The Morgan fingerprint density at radius 2 is 2.00 bits per heavy atom. The molecule has 27 heavy (non-hydrogen) atoms. The molecule has 1 aliphatic rings. The smallest absolute Gasteiger partial charge is 0.132 e. The summed E-state index contributed by atoms with van der Waals surface area (Å²) in [5, 5.41) is 11.2. The maximum absolute atomic E-state index is 14.4. The Balaban J connectivity index is 0.00000261. The molecule has 1 unspecified atom stereocenters. The van der Waals surface area contributed by atoms with E-state index in [-0.39, 0.29) is 24.1 Å². The summed E-state index contributed by atoms with van der Waals surface area (Å²) in [5.74, 6) is -0.199. The molecule has 1 fully saturated rings. The van der Waals surface area contributed by atoms with Gasteiger partial charge in [-0.2, -0.15) is 0 Å². The van der Waals surface area contributed by atoms with Gasteiger partial charge in [0.15, 0.2) is 0 Å². The van der Waals surface area contributed by atoms with Crippen LogP contribution in [0.1, 0.15) is 36.1 Å². The number of nitrogens with two attached hydrogens (primary N) is 1. The lowest BCUT2D eigenvalue weighted by atomic mass is 9.96. The van der Waals surface area contributed by atoms with Crippen LogP contribution in [0.15, 0.2) is 36.4 Å². The van der Waals surface area contributed by atoms with E-state index in [4.69, 9.17) is 38.4 Å². The van der Waals surface area contributed by atoms with Gasteiger partial charge in [0, 0.05) is 18.2 Å². The molecule has 0 spiro atoms. The molecule has 2 aromatic carbocycles. The van der Waals surface area contributed by atoms with Crippen LogP contribution in [0, 0.1) is 5.82 Å². The molecule has 148 valence electrons. The van der Waals surface area contributed by atoms with E-state index in [0.717, 1.165) is 19.4 Å². The van der Waals surface area contributed by atoms with Crippen LogP contribution in [-0.4, -0.2) is 24.4 Å². The maximum atomic E-state index is 14.4. The first kappa shape index (κ1) is 22.2. The zero-order valence-electron chi connectivity index (χ0n) is 14.4. The van der Waals surface area contributed by atoms with Gasteiger partial charge >= 0.3 is 0 Å². The van der Waals surface area contributed by atoms with Crippen molar-refractivity contribution in [2.45, 2.75) is 31.1 Å². The van der Waals surface area contributed by atoms with Gasteiger partial charge in [-0.15, -0.1) is 12.4 Å². The topological polar surface area (TPSA) is 64.7 Å². The Hall–Kier alpha value is -1.08. The molecule has 0 aromatic heterocycles. The first-order chi connectivity index (χ1) is 12.5. The van der Waals surface area contributed by atoms with Gasteiger partial charge in [0.05, 0.1) is 22.2 Å². The molecule has 1 saturated heterocycles. The fraction of sp³-hybridized carbons (Fsp3) is 0.368. The largest absolute Gasteiger partial charge is 0.491 e. The first-order valence-electron chi connectivity index (χ1n) is 8.38. The summed E-state index contributed by atoms with van der Waals surface area (Å²) >= 11 is 11.9. The summed E-state index contributed by atoms with van der Waals surface area (Å²) < 4.78 is 25.5. The van der Waals surface area contributed by atoms with Gasteiger partial charge in [-0.3, -0.25) is 0 Å². The average Bonchev–Trinajstić information content (AvgIpc) is 3.15. The molecule has 2 aromatic rings. The van der Waals surface area contributed by atoms with Gasteiger partial charge in [-0.1, -0.05) is 29.3 Å². The van der Waals surface area contributed by atoms with Crippen molar-refractivity contribution in [3.05, 3.63) is 63.4 Å². The SMILES string of the molecule is Cl.N[C@H](c1ccc(Cl)c(Cl)c1)[C@@H](O)c1ccc(OCC2CCCO2)cc1F. The minimum atomic E-state index is -1.24. The molecular formula is C19H21Cl3FNO3. The second kappa shape index (κ2) is 9.92. The van der Waals surface area contributed by atoms with Gasteiger partial charge < -0.3 is 20.3 Å². The monoisotopic (exact) mass is 435 g/mol. The Morgan fingerprint density at radius 3 is 2.63 bits per heavy atom. The molecule has 0 amide bonds. The Morgan fingerprint density at radius 1 is 1.22 bits per heavy atom. The summed E-state index contributed by atoms with van der Waals surface area (Å²) in [6, 6.07) is 8.28. The van der Waals surface area contributed by atoms with Crippen LogP contribution in [0.5, 0.6) is 5.75 Å². The van der Waals surface area contributed by atoms with E-state index in [1.54, 1.807) is 24.3 Å². The lowest BCUT2D eigenvalue weighted by Crippen LogP contribution is -2.21. The van der Waals surface area contributed by atoms with Crippen molar-refractivity contribution in [2.75, 3.05) is 13.2 Å². The van der Waals surface area contributed by atoms with E-state index in [9.17, 15) is 9.50 Å². The van der Waals surface area contributed by atoms with Gasteiger partial charge in [0.1, 0.15) is 24.3 Å². The third kappa shape index (κ3) is 5.47. The van der Waals surface area contributed by atoms with Crippen LogP contribution in [-0.2, 0) is 4.74 Å². The van der Waals surface area contributed by atoms with E-state index in [1.807, 2.05) is 0 Å². The minimum Gasteiger partial charge on any atom is -0.491 e. The molecule has 3 rings (SSSR count). The zero-order chi connectivity index (χ0) is 18.7. The van der Waals surface area contributed by atoms with Crippen LogP contribution in [0.25, 0.3) is 0 Å². The average molecular weight is 437 g/mol. The van der Waals surface area contributed by atoms with Crippen molar-refractivity contribution in [2.24, 2.45) is 5.73 Å². The number of aliphatic hydroxyl groups is 1. The van der Waals surface area contributed by atoms with Gasteiger partial charge in [-0.25, -0.2) is 4.39 Å². The number of rotatable bonds is 6. The van der Waals surface area contributed by atoms with Crippen LogP contribution in [0.4, 0.5) is 4.39 Å². The molecule has 8 heteroatoms. The highest BCUT2D eigenvalue weighted by atomic mass is 35.5. The summed E-state index contributed by atoms with van der Waals surface area (Å²) in [7, 11) is 0.